The van der Waals surface area contributed by atoms with Crippen LogP contribution in [0.15, 0.2) is 53.8 Å². The molecule has 212 valence electrons. The predicted octanol–water partition coefficient (Wildman–Crippen LogP) is 6.42. The summed E-state index contributed by atoms with van der Waals surface area (Å²) in [7, 11) is 3.15. The van der Waals surface area contributed by atoms with Crippen LogP contribution in [0, 0.1) is 11.7 Å². The van der Waals surface area contributed by atoms with Crippen molar-refractivity contribution in [1.82, 2.24) is 4.57 Å². The van der Waals surface area contributed by atoms with Gasteiger partial charge in [0.05, 0.1) is 36.2 Å². The topological polar surface area (TPSA) is 85.2 Å². The van der Waals surface area contributed by atoms with E-state index in [2.05, 4.69) is 10.3 Å². The standard InChI is InChI=1S/C30H27Cl2FN4O4/c1-14(2)25-24-18(13-36(25)23-12-34-27(41-5)15(3)26(23)40-4)28(38)37(22-11-17(32)7-9-20(22)33)30(24)19-8-6-16(31)10-21(19)35-29(30)39/h6-15,26H,1-5H3,(H,35,39)/t15?,26?,30-/m0/s1. The first-order chi connectivity index (χ1) is 19.6. The van der Waals surface area contributed by atoms with Gasteiger partial charge in [-0.25, -0.2) is 9.38 Å². The highest BCUT2D eigenvalue weighted by Gasteiger charge is 2.63. The molecule has 3 aromatic rings. The Balaban J connectivity index is 1.70. The second-order valence-corrected chi connectivity index (χ2v) is 11.5. The molecule has 3 aliphatic rings. The van der Waals surface area contributed by atoms with E-state index in [0.717, 1.165) is 0 Å². The lowest BCUT2D eigenvalue weighted by Crippen LogP contribution is -2.51. The molecule has 0 bridgehead atoms. The molecule has 2 unspecified atom stereocenters. The van der Waals surface area contributed by atoms with E-state index >= 15 is 4.39 Å². The fourth-order valence-electron chi connectivity index (χ4n) is 6.39. The van der Waals surface area contributed by atoms with Crippen molar-refractivity contribution in [1.29, 1.82) is 0 Å². The smallest absolute Gasteiger partial charge is 0.261 e. The van der Waals surface area contributed by atoms with Gasteiger partial charge in [0.15, 0.2) is 11.4 Å². The van der Waals surface area contributed by atoms with Crippen LogP contribution in [0.25, 0.3) is 5.70 Å². The normalized spacial score (nSPS) is 23.1. The Labute approximate surface area is 246 Å². The van der Waals surface area contributed by atoms with E-state index in [1.165, 1.54) is 23.1 Å². The predicted molar refractivity (Wildman–Crippen MR) is 156 cm³/mol. The fourth-order valence-corrected chi connectivity index (χ4v) is 6.72. The van der Waals surface area contributed by atoms with E-state index in [1.807, 2.05) is 25.3 Å². The first kappa shape index (κ1) is 27.5. The van der Waals surface area contributed by atoms with Gasteiger partial charge in [-0.2, -0.15) is 0 Å². The van der Waals surface area contributed by atoms with Gasteiger partial charge in [-0.15, -0.1) is 0 Å². The van der Waals surface area contributed by atoms with Gasteiger partial charge in [-0.1, -0.05) is 50.0 Å². The number of halogens is 3. The molecule has 41 heavy (non-hydrogen) atoms. The number of aromatic nitrogens is 1. The van der Waals surface area contributed by atoms with Crippen LogP contribution in [0.5, 0.6) is 0 Å². The van der Waals surface area contributed by atoms with E-state index in [1.54, 1.807) is 44.8 Å². The summed E-state index contributed by atoms with van der Waals surface area (Å²) in [5.41, 5.74) is 1.17. The number of rotatable bonds is 4. The van der Waals surface area contributed by atoms with Crippen molar-refractivity contribution in [2.75, 3.05) is 24.4 Å². The van der Waals surface area contributed by atoms with Gasteiger partial charge in [0.2, 0.25) is 0 Å². The lowest BCUT2D eigenvalue weighted by Gasteiger charge is -2.36. The number of fused-ring (bicyclic) bond motifs is 4. The second-order valence-electron chi connectivity index (χ2n) is 10.6. The van der Waals surface area contributed by atoms with Crippen LogP contribution in [0.3, 0.4) is 0 Å². The van der Waals surface area contributed by atoms with E-state index in [4.69, 9.17) is 32.7 Å². The number of methoxy groups -OCH3 is 2. The van der Waals surface area contributed by atoms with Gasteiger partial charge < -0.3 is 19.4 Å². The molecule has 2 aromatic carbocycles. The van der Waals surface area contributed by atoms with E-state index in [0.29, 0.717) is 39.1 Å². The summed E-state index contributed by atoms with van der Waals surface area (Å²) in [4.78, 5) is 34.4. The zero-order valence-corrected chi connectivity index (χ0v) is 24.5. The average Bonchev–Trinajstić information content (AvgIpc) is 3.53. The molecular formula is C30H27Cl2FN4O4. The van der Waals surface area contributed by atoms with Crippen molar-refractivity contribution in [3.63, 3.8) is 0 Å². The molecular weight excluding hydrogens is 570 g/mol. The monoisotopic (exact) mass is 596 g/mol. The van der Waals surface area contributed by atoms with Crippen LogP contribution in [-0.4, -0.2) is 42.6 Å². The molecule has 6 rings (SSSR count). The van der Waals surface area contributed by atoms with Gasteiger partial charge >= 0.3 is 0 Å². The molecule has 0 fully saturated rings. The number of hydrogen-bond acceptors (Lipinski definition) is 5. The molecule has 1 aromatic heterocycles. The molecule has 3 atom stereocenters. The minimum Gasteiger partial charge on any atom is -0.484 e. The Morgan fingerprint density at radius 2 is 1.80 bits per heavy atom. The molecule has 2 amide bonds. The second kappa shape index (κ2) is 9.72. The van der Waals surface area contributed by atoms with Crippen LogP contribution in [0.2, 0.25) is 10.0 Å². The Morgan fingerprint density at radius 3 is 2.49 bits per heavy atom. The molecule has 1 N–H and O–H groups in total. The summed E-state index contributed by atoms with van der Waals surface area (Å²) >= 11 is 12.6. The molecule has 0 saturated carbocycles. The third-order valence-corrected chi connectivity index (χ3v) is 8.49. The van der Waals surface area contributed by atoms with E-state index < -0.39 is 29.3 Å². The first-order valence-electron chi connectivity index (χ1n) is 13.1. The van der Waals surface area contributed by atoms with Crippen molar-refractivity contribution in [3.8, 4) is 0 Å². The number of amides is 2. The summed E-state index contributed by atoms with van der Waals surface area (Å²) in [6.07, 6.45) is 2.89. The summed E-state index contributed by atoms with van der Waals surface area (Å²) < 4.78 is 28.7. The maximum Gasteiger partial charge on any atom is 0.261 e. The summed E-state index contributed by atoms with van der Waals surface area (Å²) in [6.45, 7) is 5.89. The fraction of sp³-hybridized carbons (Fsp3) is 0.300. The Morgan fingerprint density at radius 1 is 1.10 bits per heavy atom. The van der Waals surface area contributed by atoms with Crippen LogP contribution in [0.4, 0.5) is 15.8 Å². The maximum absolute atomic E-state index is 15.5. The Kier molecular flexibility index (Phi) is 6.52. The van der Waals surface area contributed by atoms with E-state index in [9.17, 15) is 9.59 Å². The molecule has 0 saturated heterocycles. The van der Waals surface area contributed by atoms with Crippen molar-refractivity contribution in [2.24, 2.45) is 10.9 Å². The highest BCUT2D eigenvalue weighted by molar-refractivity contribution is 6.32. The highest BCUT2D eigenvalue weighted by Crippen LogP contribution is 2.56. The molecule has 8 nitrogen and oxygen atoms in total. The van der Waals surface area contributed by atoms with Crippen molar-refractivity contribution in [3.05, 3.63) is 87.0 Å². The van der Waals surface area contributed by atoms with Crippen LogP contribution < -0.4 is 10.2 Å². The van der Waals surface area contributed by atoms with Gasteiger partial charge in [0.1, 0.15) is 11.9 Å². The van der Waals surface area contributed by atoms with Crippen LogP contribution in [0.1, 0.15) is 53.9 Å². The Hall–Kier alpha value is -3.66. The van der Waals surface area contributed by atoms with Crippen LogP contribution >= 0.6 is 23.2 Å². The van der Waals surface area contributed by atoms with Gasteiger partial charge in [-0.05, 0) is 36.2 Å². The average molecular weight is 597 g/mol. The maximum atomic E-state index is 15.5. The van der Waals surface area contributed by atoms with Crippen LogP contribution in [-0.2, 0) is 19.8 Å². The first-order valence-corrected chi connectivity index (χ1v) is 13.8. The lowest BCUT2D eigenvalue weighted by molar-refractivity contribution is -0.119. The summed E-state index contributed by atoms with van der Waals surface area (Å²) in [6, 6.07) is 8.91. The molecule has 1 spiro atoms. The molecule has 0 radical (unpaired) electrons. The third-order valence-electron chi connectivity index (χ3n) is 8.02. The number of carbonyl (C=O) groups is 2. The molecule has 4 heterocycles. The number of hydrogen-bond donors (Lipinski definition) is 1. The number of ether oxygens (including phenoxy) is 2. The van der Waals surface area contributed by atoms with E-state index in [-0.39, 0.29) is 28.1 Å². The van der Waals surface area contributed by atoms with Crippen molar-refractivity contribution >= 4 is 58.0 Å². The number of carbonyl (C=O) groups excluding carboxylic acids is 2. The zero-order chi connectivity index (χ0) is 29.4. The molecule has 0 aliphatic carbocycles. The van der Waals surface area contributed by atoms with Crippen molar-refractivity contribution < 1.29 is 23.5 Å². The minimum absolute atomic E-state index is 0.104. The largest absolute Gasteiger partial charge is 0.484 e. The van der Waals surface area contributed by atoms with Crippen molar-refractivity contribution in [2.45, 2.75) is 38.3 Å². The van der Waals surface area contributed by atoms with Gasteiger partial charge in [0.25, 0.3) is 11.8 Å². The third kappa shape index (κ3) is 3.72. The number of aliphatic imine (C=N–C) groups is 1. The SMILES string of the molecule is COC1=NC=C(n2cc3c(c2C(C)C)[C@@]2(C(=O)Nc4cc(Cl)ccc42)N(c2cc(Cl)ccc2F)C3=O)C(OC)C1C. The lowest BCUT2D eigenvalue weighted by atomic mass is 9.81. The van der Waals surface area contributed by atoms with Gasteiger partial charge in [-0.3, -0.25) is 14.5 Å². The summed E-state index contributed by atoms with van der Waals surface area (Å²) in [5.74, 6) is -1.62. The van der Waals surface area contributed by atoms with Gasteiger partial charge in [0, 0.05) is 45.9 Å². The Bertz CT molecular complexity index is 1700. The highest BCUT2D eigenvalue weighted by atomic mass is 35.5. The zero-order valence-electron chi connectivity index (χ0n) is 23.0. The number of benzene rings is 2. The minimum atomic E-state index is -1.73. The number of nitrogens with one attached hydrogen (secondary N) is 1. The number of nitrogens with zero attached hydrogens (tertiary/aromatic N) is 3. The quantitative estimate of drug-likeness (QED) is 0.376. The molecule has 11 heteroatoms. The molecule has 3 aliphatic heterocycles. The number of anilines is 2. The summed E-state index contributed by atoms with van der Waals surface area (Å²) in [5, 5.41) is 3.53.